The molecule has 9 heteroatoms. The van der Waals surface area contributed by atoms with Crippen molar-refractivity contribution in [3.63, 3.8) is 0 Å². The van der Waals surface area contributed by atoms with Gasteiger partial charge in [-0.1, -0.05) is 48.5 Å². The second-order valence-electron chi connectivity index (χ2n) is 11.3. The van der Waals surface area contributed by atoms with Crippen LogP contribution in [0.3, 0.4) is 0 Å². The zero-order chi connectivity index (χ0) is 26.5. The first-order valence-electron chi connectivity index (χ1n) is 11.6. The summed E-state index contributed by atoms with van der Waals surface area (Å²) in [6, 6.07) is 4.60. The van der Waals surface area contributed by atoms with E-state index >= 15 is 4.39 Å². The monoisotopic (exact) mass is 577 g/mol. The summed E-state index contributed by atoms with van der Waals surface area (Å²) in [6.45, 7) is 20.0. The van der Waals surface area contributed by atoms with Crippen molar-refractivity contribution in [3.05, 3.63) is 34.1 Å². The van der Waals surface area contributed by atoms with Crippen molar-refractivity contribution in [3.8, 4) is 0 Å². The molecule has 0 saturated carbocycles. The van der Waals surface area contributed by atoms with Gasteiger partial charge in [-0.05, 0) is 76.9 Å². The van der Waals surface area contributed by atoms with Gasteiger partial charge in [0.1, 0.15) is 11.4 Å². The fraction of sp³-hybridized carbons (Fsp3) is 0.680. The topological polar surface area (TPSA) is 64.6 Å². The quantitative estimate of drug-likeness (QED) is 0.240. The minimum atomic E-state index is -1.92. The minimum Gasteiger partial charge on any atom is -0.444 e. The highest BCUT2D eigenvalue weighted by Crippen LogP contribution is 2.40. The Balaban J connectivity index is 3.29. The van der Waals surface area contributed by atoms with Crippen LogP contribution in [0.1, 0.15) is 73.8 Å². The van der Waals surface area contributed by atoms with E-state index in [0.29, 0.717) is 23.9 Å². The number of thioether (sulfide) groups is 1. The summed E-state index contributed by atoms with van der Waals surface area (Å²) in [7, 11) is -1.92. The molecule has 0 saturated heterocycles. The molecule has 0 spiro atoms. The Hall–Kier alpha value is -0.903. The third kappa shape index (κ3) is 9.28. The molecule has 1 amide bonds. The number of alkyl carbamates (subject to hydrolysis) is 1. The Morgan fingerprint density at radius 3 is 2.24 bits per heavy atom. The average molecular weight is 579 g/mol. The molecule has 1 aromatic carbocycles. The fourth-order valence-corrected chi connectivity index (χ4v) is 5.77. The van der Waals surface area contributed by atoms with Crippen molar-refractivity contribution in [2.45, 2.75) is 103 Å². The first-order valence-corrected chi connectivity index (χ1v) is 16.1. The van der Waals surface area contributed by atoms with Crippen molar-refractivity contribution in [1.29, 1.82) is 0 Å². The summed E-state index contributed by atoms with van der Waals surface area (Å²) >= 11 is 4.51. The molecule has 5 nitrogen and oxygen atoms in total. The molecule has 0 aromatic heterocycles. The molecule has 1 rings (SSSR count). The number of benzene rings is 1. The second kappa shape index (κ2) is 11.9. The number of carbonyl (C=O) groups excluding carboxylic acids is 2. The van der Waals surface area contributed by atoms with Crippen molar-refractivity contribution < 1.29 is 23.1 Å². The van der Waals surface area contributed by atoms with E-state index in [1.54, 1.807) is 39.8 Å². The van der Waals surface area contributed by atoms with Crippen LogP contribution in [0.15, 0.2) is 22.7 Å². The second-order valence-corrected chi connectivity index (χ2v) is 18.4. The molecule has 0 bridgehead atoms. The van der Waals surface area contributed by atoms with Gasteiger partial charge >= 0.3 is 6.09 Å². The lowest BCUT2D eigenvalue weighted by Gasteiger charge is -2.39. The molecule has 1 N–H and O–H groups in total. The largest absolute Gasteiger partial charge is 0.444 e. The summed E-state index contributed by atoms with van der Waals surface area (Å²) in [5.74, 6) is -0.464. The van der Waals surface area contributed by atoms with Gasteiger partial charge in [0, 0.05) is 28.8 Å². The predicted molar refractivity (Wildman–Crippen MR) is 145 cm³/mol. The van der Waals surface area contributed by atoms with Crippen LogP contribution in [-0.4, -0.2) is 37.0 Å². The van der Waals surface area contributed by atoms with E-state index < -0.39 is 36.6 Å². The van der Waals surface area contributed by atoms with E-state index in [2.05, 4.69) is 55.1 Å². The van der Waals surface area contributed by atoms with Gasteiger partial charge in [0.05, 0.1) is 5.54 Å². The van der Waals surface area contributed by atoms with Crippen molar-refractivity contribution >= 4 is 47.2 Å². The Labute approximate surface area is 218 Å². The standard InChI is InChI=1S/C25H41BrFNO4SSi/c1-17(29)33-21(12-11-15-31-34(9,10)24(5,6)7)25(8,28-22(30)32-23(2,3)4)19-16-18(26)13-14-20(19)27/h13-14,16,21H,11-12,15H2,1-10H3,(H,28,30). The predicted octanol–water partition coefficient (Wildman–Crippen LogP) is 7.78. The van der Waals surface area contributed by atoms with Crippen LogP contribution in [0.5, 0.6) is 0 Å². The van der Waals surface area contributed by atoms with E-state index in [-0.39, 0.29) is 15.7 Å². The summed E-state index contributed by atoms with van der Waals surface area (Å²) in [6.07, 6.45) is 0.538. The Kier molecular flexibility index (Phi) is 10.9. The highest BCUT2D eigenvalue weighted by Gasteiger charge is 2.42. The first kappa shape index (κ1) is 31.1. The molecule has 0 radical (unpaired) electrons. The van der Waals surface area contributed by atoms with Gasteiger partial charge in [0.25, 0.3) is 0 Å². The van der Waals surface area contributed by atoms with Crippen molar-refractivity contribution in [2.75, 3.05) is 6.61 Å². The van der Waals surface area contributed by atoms with Gasteiger partial charge in [-0.25, -0.2) is 9.18 Å². The van der Waals surface area contributed by atoms with Crippen molar-refractivity contribution in [1.82, 2.24) is 5.32 Å². The van der Waals surface area contributed by atoms with Gasteiger partial charge in [-0.3, -0.25) is 4.79 Å². The zero-order valence-electron chi connectivity index (χ0n) is 22.2. The summed E-state index contributed by atoms with van der Waals surface area (Å²) in [5, 5.41) is 2.44. The van der Waals surface area contributed by atoms with Gasteiger partial charge < -0.3 is 14.5 Å². The van der Waals surface area contributed by atoms with Crippen LogP contribution in [0.25, 0.3) is 0 Å². The van der Waals surface area contributed by atoms with E-state index in [1.165, 1.54) is 13.0 Å². The molecule has 0 heterocycles. The van der Waals surface area contributed by atoms with E-state index in [9.17, 15) is 9.59 Å². The molecule has 0 aliphatic heterocycles. The van der Waals surface area contributed by atoms with Crippen LogP contribution >= 0.6 is 27.7 Å². The fourth-order valence-electron chi connectivity index (χ4n) is 3.21. The molecule has 1 aromatic rings. The maximum Gasteiger partial charge on any atom is 0.408 e. The van der Waals surface area contributed by atoms with Crippen LogP contribution < -0.4 is 5.32 Å². The highest BCUT2D eigenvalue weighted by molar-refractivity contribution is 9.10. The molecule has 0 aliphatic rings. The molecule has 2 unspecified atom stereocenters. The SMILES string of the molecule is CC(=O)SC(CCCO[Si](C)(C)C(C)(C)C)C(C)(NC(=O)OC(C)(C)C)c1cc(Br)ccc1F. The van der Waals surface area contributed by atoms with E-state index in [4.69, 9.17) is 9.16 Å². The van der Waals surface area contributed by atoms with E-state index in [1.807, 2.05) is 0 Å². The number of carbonyl (C=O) groups is 2. The molecule has 34 heavy (non-hydrogen) atoms. The molecule has 0 aliphatic carbocycles. The Morgan fingerprint density at radius 2 is 1.74 bits per heavy atom. The molecular formula is C25H41BrFNO4SSi. The zero-order valence-corrected chi connectivity index (χ0v) is 25.6. The van der Waals surface area contributed by atoms with Crippen LogP contribution in [0.2, 0.25) is 18.1 Å². The maximum atomic E-state index is 15.1. The number of hydrogen-bond donors (Lipinski definition) is 1. The number of halogens is 2. The number of hydrogen-bond acceptors (Lipinski definition) is 5. The van der Waals surface area contributed by atoms with Gasteiger partial charge in [-0.2, -0.15) is 0 Å². The lowest BCUT2D eigenvalue weighted by molar-refractivity contribution is -0.109. The molecule has 0 fully saturated rings. The van der Waals surface area contributed by atoms with Crippen LogP contribution in [0.4, 0.5) is 9.18 Å². The third-order valence-electron chi connectivity index (χ3n) is 6.08. The Bertz CT molecular complexity index is 869. The molecular weight excluding hydrogens is 537 g/mol. The maximum absolute atomic E-state index is 15.1. The van der Waals surface area contributed by atoms with Crippen LogP contribution in [-0.2, 0) is 19.5 Å². The average Bonchev–Trinajstić information content (AvgIpc) is 2.63. The number of rotatable bonds is 9. The normalized spacial score (nSPS) is 15.4. The summed E-state index contributed by atoms with van der Waals surface area (Å²) < 4.78 is 27.6. The van der Waals surface area contributed by atoms with E-state index in [0.717, 1.165) is 11.8 Å². The van der Waals surface area contributed by atoms with Gasteiger partial charge in [-0.15, -0.1) is 0 Å². The van der Waals surface area contributed by atoms with Crippen LogP contribution in [0, 0.1) is 5.82 Å². The summed E-state index contributed by atoms with van der Waals surface area (Å²) in [4.78, 5) is 25.0. The molecule has 194 valence electrons. The lowest BCUT2D eigenvalue weighted by Crippen LogP contribution is -2.52. The number of amides is 1. The number of ether oxygens (including phenoxy) is 1. The molecule has 2 atom stereocenters. The minimum absolute atomic E-state index is 0.0900. The van der Waals surface area contributed by atoms with Crippen molar-refractivity contribution in [2.24, 2.45) is 0 Å². The smallest absolute Gasteiger partial charge is 0.408 e. The lowest BCUT2D eigenvalue weighted by atomic mass is 9.85. The third-order valence-corrected chi connectivity index (χ3v) is 12.4. The van der Waals surface area contributed by atoms with Gasteiger partial charge in [0.15, 0.2) is 13.4 Å². The van der Waals surface area contributed by atoms with Gasteiger partial charge in [0.2, 0.25) is 0 Å². The highest BCUT2D eigenvalue weighted by atomic mass is 79.9. The first-order chi connectivity index (χ1) is 15.3. The number of nitrogens with one attached hydrogen (secondary N) is 1. The Morgan fingerprint density at radius 1 is 1.15 bits per heavy atom. The summed E-state index contributed by atoms with van der Waals surface area (Å²) in [5.41, 5.74) is -1.64.